The molecule has 1 aliphatic heterocycles. The number of unbranched alkanes of at least 4 members (excludes halogenated alkanes) is 1. The summed E-state index contributed by atoms with van der Waals surface area (Å²) < 4.78 is 18.7. The summed E-state index contributed by atoms with van der Waals surface area (Å²) in [5, 5.41) is 6.67. The van der Waals surface area contributed by atoms with Crippen molar-refractivity contribution in [2.24, 2.45) is 0 Å². The molecule has 0 unspecified atom stereocenters. The summed E-state index contributed by atoms with van der Waals surface area (Å²) in [5.74, 6) is 0.731. The van der Waals surface area contributed by atoms with Gasteiger partial charge in [-0.1, -0.05) is 19.4 Å². The molecule has 3 rings (SSSR count). The van der Waals surface area contributed by atoms with Crippen molar-refractivity contribution in [3.63, 3.8) is 0 Å². The van der Waals surface area contributed by atoms with E-state index in [0.717, 1.165) is 36.2 Å². The van der Waals surface area contributed by atoms with Gasteiger partial charge in [-0.25, -0.2) is 9.37 Å². The number of nitrogens with one attached hydrogen (secondary N) is 2. The topological polar surface area (TPSA) is 79.4 Å². The first-order valence-corrected chi connectivity index (χ1v) is 12.2. The second-order valence-electron chi connectivity index (χ2n) is 7.38. The van der Waals surface area contributed by atoms with Gasteiger partial charge in [0.15, 0.2) is 0 Å². The third-order valence-electron chi connectivity index (χ3n) is 4.96. The number of thioether (sulfide) groups is 1. The highest BCUT2D eigenvalue weighted by Crippen LogP contribution is 2.27. The highest BCUT2D eigenvalue weighted by molar-refractivity contribution is 7.98. The van der Waals surface area contributed by atoms with Crippen LogP contribution in [-0.2, 0) is 4.74 Å². The zero-order chi connectivity index (χ0) is 22.8. The van der Waals surface area contributed by atoms with Gasteiger partial charge >= 0.3 is 0 Å². The lowest BCUT2D eigenvalue weighted by Crippen LogP contribution is -2.33. The maximum atomic E-state index is 13.3. The average Bonchev–Trinajstić information content (AvgIpc) is 3.11. The first-order valence-electron chi connectivity index (χ1n) is 10.8. The second-order valence-corrected chi connectivity index (χ2v) is 8.24. The van der Waals surface area contributed by atoms with Gasteiger partial charge in [0.1, 0.15) is 17.3 Å². The molecule has 1 fully saturated rings. The van der Waals surface area contributed by atoms with E-state index in [4.69, 9.17) is 4.74 Å². The van der Waals surface area contributed by atoms with E-state index in [2.05, 4.69) is 33.6 Å². The predicted octanol–water partition coefficient (Wildman–Crippen LogP) is 4.46. The lowest BCUT2D eigenvalue weighted by Gasteiger charge is -2.21. The van der Waals surface area contributed by atoms with E-state index >= 15 is 0 Å². The summed E-state index contributed by atoms with van der Waals surface area (Å²) in [5.41, 5.74) is 2.84. The van der Waals surface area contributed by atoms with Crippen LogP contribution in [0, 0.1) is 5.82 Å². The Morgan fingerprint density at radius 3 is 2.91 bits per heavy atom. The quantitative estimate of drug-likeness (QED) is 0.536. The fourth-order valence-electron chi connectivity index (χ4n) is 3.30. The average molecular weight is 460 g/mol. The third-order valence-corrected chi connectivity index (χ3v) is 5.39. The molecule has 32 heavy (non-hydrogen) atoms. The van der Waals surface area contributed by atoms with Gasteiger partial charge in [0, 0.05) is 42.8 Å². The second kappa shape index (κ2) is 12.4. The van der Waals surface area contributed by atoms with Crippen LogP contribution < -0.4 is 10.6 Å². The molecular formula is C23H30FN5O2S. The molecule has 3 heterocycles. The number of nitrogens with zero attached hydrogens (tertiary/aromatic N) is 3. The Bertz CT molecular complexity index is 915. The molecule has 1 amide bonds. The van der Waals surface area contributed by atoms with E-state index in [1.807, 2.05) is 6.26 Å². The summed E-state index contributed by atoms with van der Waals surface area (Å²) in [7, 11) is 0. The molecule has 0 spiro atoms. The minimum Gasteiger partial charge on any atom is -0.380 e. The Balaban J connectivity index is 1.92. The zero-order valence-electron chi connectivity index (χ0n) is 18.6. The van der Waals surface area contributed by atoms with E-state index in [1.165, 1.54) is 12.3 Å². The molecule has 0 aromatic carbocycles. The number of carbonyl (C=O) groups excluding carboxylic acids is 1. The Kier molecular flexibility index (Phi) is 9.30. The molecule has 0 aliphatic carbocycles. The fourth-order valence-corrected chi connectivity index (χ4v) is 3.60. The van der Waals surface area contributed by atoms with Gasteiger partial charge in [0.05, 0.1) is 18.7 Å². The van der Waals surface area contributed by atoms with Crippen molar-refractivity contribution in [3.8, 4) is 0 Å². The van der Waals surface area contributed by atoms with E-state index in [0.29, 0.717) is 43.7 Å². The summed E-state index contributed by atoms with van der Waals surface area (Å²) in [6.45, 7) is 4.54. The van der Waals surface area contributed by atoms with E-state index < -0.39 is 0 Å². The van der Waals surface area contributed by atoms with Gasteiger partial charge in [-0.15, -0.1) is 11.8 Å². The molecule has 1 aliphatic rings. The zero-order valence-corrected chi connectivity index (χ0v) is 19.4. The minimum atomic E-state index is -0.389. The number of carbonyl (C=O) groups is 1. The highest BCUT2D eigenvalue weighted by atomic mass is 32.2. The van der Waals surface area contributed by atoms with Crippen LogP contribution in [0.4, 0.5) is 15.9 Å². The maximum absolute atomic E-state index is 13.3. The number of hydrogen-bond donors (Lipinski definition) is 2. The first kappa shape index (κ1) is 24.0. The van der Waals surface area contributed by atoms with Gasteiger partial charge in [-0.05, 0) is 37.3 Å². The monoisotopic (exact) mass is 459 g/mol. The van der Waals surface area contributed by atoms with Crippen molar-refractivity contribution in [3.05, 3.63) is 53.7 Å². The van der Waals surface area contributed by atoms with Crippen molar-refractivity contribution < 1.29 is 13.9 Å². The van der Waals surface area contributed by atoms with Crippen LogP contribution >= 0.6 is 11.8 Å². The van der Waals surface area contributed by atoms with Gasteiger partial charge in [-0.2, -0.15) is 0 Å². The van der Waals surface area contributed by atoms with Gasteiger partial charge < -0.3 is 20.3 Å². The number of amides is 1. The van der Waals surface area contributed by atoms with Crippen LogP contribution in [0.15, 0.2) is 36.7 Å². The smallest absolute Gasteiger partial charge is 0.272 e. The molecule has 2 aromatic rings. The minimum absolute atomic E-state index is 0.0958. The molecule has 2 N–H and O–H groups in total. The van der Waals surface area contributed by atoms with Gasteiger partial charge in [0.2, 0.25) is 0 Å². The number of hydrogen-bond acceptors (Lipinski definition) is 7. The van der Waals surface area contributed by atoms with Crippen LogP contribution in [0.1, 0.15) is 42.2 Å². The SMILES string of the molecule is CCC/C=C(/Nc1ccc(F)cn1)c1cnc(C(=O)N2CCCOCC2)cc1NCSC. The summed E-state index contributed by atoms with van der Waals surface area (Å²) in [4.78, 5) is 23.5. The molecule has 2 aromatic heterocycles. The lowest BCUT2D eigenvalue weighted by atomic mass is 10.1. The molecule has 172 valence electrons. The standard InChI is InChI=1S/C23H30FN5O2S/c1-3-4-6-19(28-22-8-7-17(24)14-26-22)18-15-25-21(13-20(18)27-16-32-2)23(30)29-9-5-11-31-12-10-29/h6-8,13-15H,3-5,9-12,16H2,1-2H3,(H,25,27)(H,26,28)/b19-6+. The summed E-state index contributed by atoms with van der Waals surface area (Å²) >= 11 is 1.65. The van der Waals surface area contributed by atoms with Crippen LogP contribution in [0.2, 0.25) is 0 Å². The maximum Gasteiger partial charge on any atom is 0.272 e. The highest BCUT2D eigenvalue weighted by Gasteiger charge is 2.21. The number of rotatable bonds is 9. The predicted molar refractivity (Wildman–Crippen MR) is 128 cm³/mol. The number of pyridine rings is 2. The molecule has 9 heteroatoms. The normalized spacial score (nSPS) is 14.7. The van der Waals surface area contributed by atoms with Crippen LogP contribution in [0.25, 0.3) is 5.70 Å². The van der Waals surface area contributed by atoms with Gasteiger partial charge in [-0.3, -0.25) is 9.78 Å². The lowest BCUT2D eigenvalue weighted by molar-refractivity contribution is 0.0735. The number of aromatic nitrogens is 2. The van der Waals surface area contributed by atoms with Crippen molar-refractivity contribution in [1.29, 1.82) is 0 Å². The van der Waals surface area contributed by atoms with E-state index in [9.17, 15) is 9.18 Å². The Morgan fingerprint density at radius 1 is 1.28 bits per heavy atom. The Labute approximate surface area is 192 Å². The van der Waals surface area contributed by atoms with Gasteiger partial charge in [0.25, 0.3) is 5.91 Å². The molecular weight excluding hydrogens is 429 g/mol. The van der Waals surface area contributed by atoms with Crippen LogP contribution in [-0.4, -0.2) is 59.2 Å². The molecule has 1 saturated heterocycles. The third kappa shape index (κ3) is 6.67. The Hall–Kier alpha value is -2.65. The molecule has 0 saturated carbocycles. The van der Waals surface area contributed by atoms with Crippen molar-refractivity contribution in [2.75, 3.05) is 49.1 Å². The largest absolute Gasteiger partial charge is 0.380 e. The molecule has 0 atom stereocenters. The van der Waals surface area contributed by atoms with Crippen LogP contribution in [0.5, 0.6) is 0 Å². The van der Waals surface area contributed by atoms with Crippen molar-refractivity contribution in [1.82, 2.24) is 14.9 Å². The first-order chi connectivity index (χ1) is 15.6. The molecule has 0 bridgehead atoms. The summed E-state index contributed by atoms with van der Waals surface area (Å²) in [6, 6.07) is 4.76. The van der Waals surface area contributed by atoms with Crippen LogP contribution in [0.3, 0.4) is 0 Å². The van der Waals surface area contributed by atoms with E-state index in [-0.39, 0.29) is 11.7 Å². The number of ether oxygens (including phenoxy) is 1. The van der Waals surface area contributed by atoms with Crippen molar-refractivity contribution >= 4 is 34.9 Å². The number of halogens is 1. The number of allylic oxidation sites excluding steroid dienone is 1. The van der Waals surface area contributed by atoms with E-state index in [1.54, 1.807) is 35.0 Å². The van der Waals surface area contributed by atoms with Crippen molar-refractivity contribution in [2.45, 2.75) is 26.2 Å². The Morgan fingerprint density at radius 2 is 2.16 bits per heavy atom. The molecule has 0 radical (unpaired) electrons. The number of anilines is 2. The molecule has 7 nitrogen and oxygen atoms in total. The summed E-state index contributed by atoms with van der Waals surface area (Å²) in [6.07, 6.45) is 9.60. The fraction of sp³-hybridized carbons (Fsp3) is 0.435.